The van der Waals surface area contributed by atoms with Crippen molar-refractivity contribution >= 4 is 26.9 Å². The Morgan fingerprint density at radius 1 is 1.17 bits per heavy atom. The van der Waals surface area contributed by atoms with E-state index in [1.807, 2.05) is 0 Å². The van der Waals surface area contributed by atoms with Gasteiger partial charge >= 0.3 is 5.97 Å². The molecule has 0 aliphatic carbocycles. The van der Waals surface area contributed by atoms with Gasteiger partial charge in [-0.3, -0.25) is 0 Å². The largest absolute Gasteiger partial charge is 0.744 e. The van der Waals surface area contributed by atoms with E-state index < -0.39 is 32.3 Å². The number of hydrogen-bond acceptors (Lipinski definition) is 5. The highest BCUT2D eigenvalue weighted by molar-refractivity contribution is 7.86. The molecule has 0 atom stereocenters. The normalized spacial score (nSPS) is 11.6. The predicted molar refractivity (Wildman–Crippen MR) is 60.5 cm³/mol. The zero-order valence-electron chi connectivity index (χ0n) is 8.82. The summed E-state index contributed by atoms with van der Waals surface area (Å²) in [6.07, 6.45) is 0. The highest BCUT2D eigenvalue weighted by atomic mass is 32.2. The number of carbonyl (C=O) groups is 1. The molecule has 0 saturated carbocycles. The number of rotatable bonds is 2. The van der Waals surface area contributed by atoms with Crippen LogP contribution in [0, 0.1) is 0 Å². The minimum absolute atomic E-state index is 0.00463. The number of aromatic hydroxyl groups is 1. The standard InChI is InChI=1S/C11H8O6S/c12-10-7-4-2-1-3-6(7)9(18(15,16)17)5-8(10)11(13)14/h1-5,12H,(H,13,14)(H,15,16,17)/p-1. The lowest BCUT2D eigenvalue weighted by molar-refractivity contribution is 0.0694. The molecule has 2 N–H and O–H groups in total. The molecule has 2 aromatic rings. The second-order valence-corrected chi connectivity index (χ2v) is 4.92. The van der Waals surface area contributed by atoms with E-state index in [4.69, 9.17) is 5.11 Å². The molecular formula is C11H7O6S-. The topological polar surface area (TPSA) is 115 Å². The van der Waals surface area contributed by atoms with Crippen LogP contribution in [0.3, 0.4) is 0 Å². The predicted octanol–water partition coefficient (Wildman–Crippen LogP) is 1.15. The zero-order valence-corrected chi connectivity index (χ0v) is 9.64. The van der Waals surface area contributed by atoms with Gasteiger partial charge in [0, 0.05) is 10.8 Å². The van der Waals surface area contributed by atoms with Crippen LogP contribution in [-0.4, -0.2) is 29.2 Å². The minimum Gasteiger partial charge on any atom is -0.744 e. The monoisotopic (exact) mass is 267 g/mol. The van der Waals surface area contributed by atoms with E-state index in [1.165, 1.54) is 24.3 Å². The van der Waals surface area contributed by atoms with E-state index in [-0.39, 0.29) is 10.8 Å². The second kappa shape index (κ2) is 3.97. The average Bonchev–Trinajstić information content (AvgIpc) is 2.27. The van der Waals surface area contributed by atoms with Crippen molar-refractivity contribution in [2.24, 2.45) is 0 Å². The van der Waals surface area contributed by atoms with Gasteiger partial charge in [-0.2, -0.15) is 0 Å². The molecule has 0 heterocycles. The van der Waals surface area contributed by atoms with Crippen LogP contribution in [0.2, 0.25) is 0 Å². The molecule has 0 saturated heterocycles. The molecule has 0 aliphatic heterocycles. The molecule has 94 valence electrons. The van der Waals surface area contributed by atoms with E-state index in [2.05, 4.69) is 0 Å². The molecule has 0 unspecified atom stereocenters. The second-order valence-electron chi connectivity index (χ2n) is 3.58. The van der Waals surface area contributed by atoms with Gasteiger partial charge in [0.1, 0.15) is 21.4 Å². The van der Waals surface area contributed by atoms with Gasteiger partial charge in [-0.15, -0.1) is 0 Å². The fourth-order valence-corrected chi connectivity index (χ4v) is 2.41. The van der Waals surface area contributed by atoms with Gasteiger partial charge < -0.3 is 14.8 Å². The smallest absolute Gasteiger partial charge is 0.339 e. The lowest BCUT2D eigenvalue weighted by Gasteiger charge is -2.13. The first-order valence-corrected chi connectivity index (χ1v) is 6.17. The Kier molecular flexibility index (Phi) is 2.72. The third-order valence-corrected chi connectivity index (χ3v) is 3.35. The van der Waals surface area contributed by atoms with Gasteiger partial charge in [-0.05, 0) is 6.07 Å². The molecule has 0 radical (unpaired) electrons. The average molecular weight is 267 g/mol. The molecule has 2 rings (SSSR count). The van der Waals surface area contributed by atoms with Crippen molar-refractivity contribution < 1.29 is 28.0 Å². The summed E-state index contributed by atoms with van der Waals surface area (Å²) in [4.78, 5) is 10.2. The number of benzene rings is 2. The SMILES string of the molecule is O=C(O)c1cc(S(=O)(=O)[O-])c2ccccc2c1O. The van der Waals surface area contributed by atoms with Crippen LogP contribution in [0.4, 0.5) is 0 Å². The number of aromatic carboxylic acids is 1. The van der Waals surface area contributed by atoms with Crippen molar-refractivity contribution in [2.45, 2.75) is 4.90 Å². The molecule has 0 bridgehead atoms. The van der Waals surface area contributed by atoms with Gasteiger partial charge in [0.15, 0.2) is 0 Å². The number of carboxylic acids is 1. The quantitative estimate of drug-likeness (QED) is 0.788. The van der Waals surface area contributed by atoms with Gasteiger partial charge in [-0.1, -0.05) is 24.3 Å². The van der Waals surface area contributed by atoms with Crippen molar-refractivity contribution in [1.82, 2.24) is 0 Å². The molecular weight excluding hydrogens is 260 g/mol. The van der Waals surface area contributed by atoms with E-state index in [0.29, 0.717) is 6.07 Å². The molecule has 6 nitrogen and oxygen atoms in total. The highest BCUT2D eigenvalue weighted by Gasteiger charge is 2.18. The van der Waals surface area contributed by atoms with Crippen LogP contribution in [0.1, 0.15) is 10.4 Å². The van der Waals surface area contributed by atoms with Crippen LogP contribution in [0.25, 0.3) is 10.8 Å². The summed E-state index contributed by atoms with van der Waals surface area (Å²) in [6.45, 7) is 0. The van der Waals surface area contributed by atoms with Crippen molar-refractivity contribution in [1.29, 1.82) is 0 Å². The maximum Gasteiger partial charge on any atom is 0.339 e. The van der Waals surface area contributed by atoms with Crippen LogP contribution in [0.5, 0.6) is 5.75 Å². The zero-order chi connectivity index (χ0) is 13.5. The molecule has 2 aromatic carbocycles. The summed E-state index contributed by atoms with van der Waals surface area (Å²) in [5.74, 6) is -2.08. The minimum atomic E-state index is -4.83. The first-order valence-electron chi connectivity index (χ1n) is 4.76. The van der Waals surface area contributed by atoms with E-state index in [1.54, 1.807) is 0 Å². The maximum absolute atomic E-state index is 11.1. The number of hydrogen-bond donors (Lipinski definition) is 2. The van der Waals surface area contributed by atoms with Gasteiger partial charge in [0.2, 0.25) is 0 Å². The van der Waals surface area contributed by atoms with Crippen LogP contribution in [0.15, 0.2) is 35.2 Å². The Labute approximate surface area is 102 Å². The van der Waals surface area contributed by atoms with Crippen LogP contribution >= 0.6 is 0 Å². The van der Waals surface area contributed by atoms with Gasteiger partial charge in [0.05, 0.1) is 4.90 Å². The number of phenols is 1. The Bertz CT molecular complexity index is 747. The molecule has 0 aromatic heterocycles. The van der Waals surface area contributed by atoms with Gasteiger partial charge in [0.25, 0.3) is 0 Å². The Morgan fingerprint density at radius 3 is 2.22 bits per heavy atom. The molecule has 0 fully saturated rings. The van der Waals surface area contributed by atoms with E-state index >= 15 is 0 Å². The lowest BCUT2D eigenvalue weighted by atomic mass is 10.1. The summed E-state index contributed by atoms with van der Waals surface area (Å²) in [5.41, 5.74) is -0.622. The van der Waals surface area contributed by atoms with Crippen molar-refractivity contribution in [3.05, 3.63) is 35.9 Å². The first-order chi connectivity index (χ1) is 8.32. The molecule has 18 heavy (non-hydrogen) atoms. The maximum atomic E-state index is 11.1. The van der Waals surface area contributed by atoms with Crippen molar-refractivity contribution in [3.63, 3.8) is 0 Å². The summed E-state index contributed by atoms with van der Waals surface area (Å²) < 4.78 is 33.3. The van der Waals surface area contributed by atoms with Crippen LogP contribution in [-0.2, 0) is 10.1 Å². The Hall–Kier alpha value is -2.12. The third-order valence-electron chi connectivity index (χ3n) is 2.48. The fourth-order valence-electron chi connectivity index (χ4n) is 1.70. The fraction of sp³-hybridized carbons (Fsp3) is 0. The summed E-state index contributed by atoms with van der Waals surface area (Å²) in [6, 6.07) is 6.31. The van der Waals surface area contributed by atoms with Crippen molar-refractivity contribution in [3.8, 4) is 5.75 Å². The summed E-state index contributed by atoms with van der Waals surface area (Å²) >= 11 is 0. The molecule has 0 aliphatic rings. The van der Waals surface area contributed by atoms with Crippen molar-refractivity contribution in [2.75, 3.05) is 0 Å². The van der Waals surface area contributed by atoms with Gasteiger partial charge in [-0.25, -0.2) is 13.2 Å². The first kappa shape index (κ1) is 12.3. The Balaban J connectivity index is 3.03. The Morgan fingerprint density at radius 2 is 1.72 bits per heavy atom. The van der Waals surface area contributed by atoms with E-state index in [0.717, 1.165) is 0 Å². The van der Waals surface area contributed by atoms with E-state index in [9.17, 15) is 22.9 Å². The lowest BCUT2D eigenvalue weighted by Crippen LogP contribution is -2.04. The summed E-state index contributed by atoms with van der Waals surface area (Å²) in [7, 11) is -4.83. The highest BCUT2D eigenvalue weighted by Crippen LogP contribution is 2.33. The molecule has 0 amide bonds. The summed E-state index contributed by atoms with van der Waals surface area (Å²) in [5, 5.41) is 18.6. The third kappa shape index (κ3) is 1.89. The number of carboxylic acid groups (broad SMARTS) is 1. The molecule has 7 heteroatoms. The van der Waals surface area contributed by atoms with Crippen LogP contribution < -0.4 is 0 Å². The molecule has 0 spiro atoms. The number of fused-ring (bicyclic) bond motifs is 1.